The Kier molecular flexibility index (Phi) is 4.74. The van der Waals surface area contributed by atoms with Gasteiger partial charge in [0.15, 0.2) is 0 Å². The van der Waals surface area contributed by atoms with Crippen molar-refractivity contribution >= 4 is 33.2 Å². The Morgan fingerprint density at radius 1 is 1.11 bits per heavy atom. The highest BCUT2D eigenvalue weighted by molar-refractivity contribution is 7.89. The van der Waals surface area contributed by atoms with E-state index < -0.39 is 10.0 Å². The van der Waals surface area contributed by atoms with Gasteiger partial charge in [-0.3, -0.25) is 0 Å². The van der Waals surface area contributed by atoms with E-state index in [2.05, 4.69) is 45.3 Å². The number of fused-ring (bicyclic) bond motifs is 1. The first-order valence-corrected chi connectivity index (χ1v) is 10.5. The average molecular weight is 395 g/mol. The molecule has 0 saturated heterocycles. The molecule has 0 atom stereocenters. The molecule has 7 nitrogen and oxygen atoms in total. The Morgan fingerprint density at radius 3 is 2.64 bits per heavy atom. The minimum absolute atomic E-state index is 0.0629. The highest BCUT2D eigenvalue weighted by atomic mass is 32.2. The first-order chi connectivity index (χ1) is 13.4. The fourth-order valence-corrected chi connectivity index (χ4v) is 3.90. The first kappa shape index (κ1) is 18.4. The quantitative estimate of drug-likeness (QED) is 0.703. The smallest absolute Gasteiger partial charge is 0.238 e. The van der Waals surface area contributed by atoms with E-state index in [9.17, 15) is 8.42 Å². The Bertz CT molecular complexity index is 1110. The lowest BCUT2D eigenvalue weighted by Crippen LogP contribution is -2.25. The maximum atomic E-state index is 11.4. The Hall–Kier alpha value is -2.97. The molecule has 28 heavy (non-hydrogen) atoms. The molecular weight excluding hydrogens is 374 g/mol. The van der Waals surface area contributed by atoms with Gasteiger partial charge in [0, 0.05) is 24.1 Å². The SMILES string of the molecule is Cc1ccc2c(c1)CCCN2c1ccnc(Nc2ccc(S(N)(=O)=O)cc2)n1. The molecule has 0 bridgehead atoms. The van der Waals surface area contributed by atoms with E-state index in [1.54, 1.807) is 18.3 Å². The molecule has 1 aliphatic heterocycles. The molecule has 0 saturated carbocycles. The second-order valence-electron chi connectivity index (χ2n) is 6.82. The van der Waals surface area contributed by atoms with Crippen molar-refractivity contribution in [2.75, 3.05) is 16.8 Å². The molecule has 4 rings (SSSR count). The zero-order chi connectivity index (χ0) is 19.7. The lowest BCUT2D eigenvalue weighted by atomic mass is 9.99. The molecule has 3 N–H and O–H groups in total. The predicted molar refractivity (Wildman–Crippen MR) is 110 cm³/mol. The van der Waals surface area contributed by atoms with Crippen LogP contribution in [-0.2, 0) is 16.4 Å². The summed E-state index contributed by atoms with van der Waals surface area (Å²) in [5.41, 5.74) is 4.45. The zero-order valence-corrected chi connectivity index (χ0v) is 16.3. The van der Waals surface area contributed by atoms with Crippen LogP contribution in [0.15, 0.2) is 59.6 Å². The van der Waals surface area contributed by atoms with Gasteiger partial charge >= 0.3 is 0 Å². The van der Waals surface area contributed by atoms with E-state index in [0.29, 0.717) is 11.6 Å². The summed E-state index contributed by atoms with van der Waals surface area (Å²) < 4.78 is 22.7. The number of hydrogen-bond acceptors (Lipinski definition) is 6. The number of nitrogens with zero attached hydrogens (tertiary/aromatic N) is 3. The van der Waals surface area contributed by atoms with Crippen LogP contribution in [0, 0.1) is 6.92 Å². The van der Waals surface area contributed by atoms with Crippen LogP contribution in [0.25, 0.3) is 0 Å². The Balaban J connectivity index is 1.59. The highest BCUT2D eigenvalue weighted by Gasteiger charge is 2.19. The van der Waals surface area contributed by atoms with Gasteiger partial charge in [-0.25, -0.2) is 18.5 Å². The number of nitrogens with one attached hydrogen (secondary N) is 1. The summed E-state index contributed by atoms with van der Waals surface area (Å²) in [6.07, 6.45) is 3.85. The van der Waals surface area contributed by atoms with Gasteiger partial charge in [0.2, 0.25) is 16.0 Å². The molecule has 0 unspecified atom stereocenters. The summed E-state index contributed by atoms with van der Waals surface area (Å²) in [6, 6.07) is 14.5. The Labute approximate surface area is 164 Å². The van der Waals surface area contributed by atoms with Crippen molar-refractivity contribution in [3.63, 3.8) is 0 Å². The summed E-state index contributed by atoms with van der Waals surface area (Å²) in [5, 5.41) is 8.24. The Morgan fingerprint density at radius 2 is 1.89 bits per heavy atom. The summed E-state index contributed by atoms with van der Waals surface area (Å²) >= 11 is 0. The molecule has 1 aliphatic rings. The van der Waals surface area contributed by atoms with Crippen LogP contribution in [0.2, 0.25) is 0 Å². The third-order valence-electron chi connectivity index (χ3n) is 4.71. The topological polar surface area (TPSA) is 101 Å². The largest absolute Gasteiger partial charge is 0.326 e. The number of sulfonamides is 1. The minimum Gasteiger partial charge on any atom is -0.326 e. The lowest BCUT2D eigenvalue weighted by Gasteiger charge is -2.30. The van der Waals surface area contributed by atoms with Gasteiger partial charge in [-0.15, -0.1) is 0 Å². The predicted octanol–water partition coefficient (Wildman–Crippen LogP) is 3.26. The monoisotopic (exact) mass is 395 g/mol. The number of aryl methyl sites for hydroxylation is 2. The molecule has 8 heteroatoms. The van der Waals surface area contributed by atoms with Gasteiger partial charge in [-0.2, -0.15) is 4.98 Å². The fourth-order valence-electron chi connectivity index (χ4n) is 3.38. The van der Waals surface area contributed by atoms with Crippen LogP contribution >= 0.6 is 0 Å². The third-order valence-corrected chi connectivity index (χ3v) is 5.64. The number of hydrogen-bond donors (Lipinski definition) is 2. The molecule has 0 spiro atoms. The molecule has 0 amide bonds. The molecule has 2 aromatic carbocycles. The number of anilines is 4. The minimum atomic E-state index is -3.71. The third kappa shape index (κ3) is 3.83. The van der Waals surface area contributed by atoms with Crippen LogP contribution < -0.4 is 15.4 Å². The number of nitrogens with two attached hydrogens (primary N) is 1. The summed E-state index contributed by atoms with van der Waals surface area (Å²) in [6.45, 7) is 3.00. The van der Waals surface area contributed by atoms with Gasteiger partial charge in [0.05, 0.1) is 4.90 Å². The molecule has 144 valence electrons. The second-order valence-corrected chi connectivity index (χ2v) is 8.38. The average Bonchev–Trinajstić information content (AvgIpc) is 2.67. The van der Waals surface area contributed by atoms with E-state index in [1.165, 1.54) is 28.9 Å². The van der Waals surface area contributed by atoms with Crippen LogP contribution in [0.5, 0.6) is 0 Å². The van der Waals surface area contributed by atoms with Crippen molar-refractivity contribution in [3.8, 4) is 0 Å². The van der Waals surface area contributed by atoms with E-state index in [-0.39, 0.29) is 4.90 Å². The van der Waals surface area contributed by atoms with E-state index in [1.807, 2.05) is 6.07 Å². The molecule has 2 heterocycles. The molecule has 0 fully saturated rings. The van der Waals surface area contributed by atoms with Crippen LogP contribution in [0.3, 0.4) is 0 Å². The standard InChI is InChI=1S/C20H21N5O2S/c1-14-4-9-18-15(13-14)3-2-12-25(18)19-10-11-22-20(24-19)23-16-5-7-17(8-6-16)28(21,26)27/h4-11,13H,2-3,12H2,1H3,(H2,21,26,27)(H,22,23,24). The van der Waals surface area contributed by atoms with Crippen molar-refractivity contribution in [2.24, 2.45) is 5.14 Å². The summed E-state index contributed by atoms with van der Waals surface area (Å²) in [4.78, 5) is 11.2. The maximum absolute atomic E-state index is 11.4. The number of primary sulfonamides is 1. The highest BCUT2D eigenvalue weighted by Crippen LogP contribution is 2.33. The molecular formula is C20H21N5O2S. The van der Waals surface area contributed by atoms with Gasteiger partial charge in [-0.1, -0.05) is 17.7 Å². The van der Waals surface area contributed by atoms with Crippen molar-refractivity contribution in [1.82, 2.24) is 9.97 Å². The van der Waals surface area contributed by atoms with Crippen LogP contribution in [0.1, 0.15) is 17.5 Å². The number of rotatable bonds is 4. The zero-order valence-electron chi connectivity index (χ0n) is 15.5. The second kappa shape index (κ2) is 7.21. The number of aromatic nitrogens is 2. The van der Waals surface area contributed by atoms with Gasteiger partial charge in [0.1, 0.15) is 5.82 Å². The first-order valence-electron chi connectivity index (χ1n) is 9.00. The number of benzene rings is 2. The lowest BCUT2D eigenvalue weighted by molar-refractivity contribution is 0.598. The van der Waals surface area contributed by atoms with Crippen LogP contribution in [0.4, 0.5) is 23.1 Å². The van der Waals surface area contributed by atoms with Gasteiger partial charge in [-0.05, 0) is 61.7 Å². The fraction of sp³-hybridized carbons (Fsp3) is 0.200. The van der Waals surface area contributed by atoms with E-state index in [0.717, 1.165) is 25.2 Å². The summed E-state index contributed by atoms with van der Waals surface area (Å²) in [7, 11) is -3.71. The van der Waals surface area contributed by atoms with Gasteiger partial charge < -0.3 is 10.2 Å². The van der Waals surface area contributed by atoms with Gasteiger partial charge in [0.25, 0.3) is 0 Å². The van der Waals surface area contributed by atoms with Crippen molar-refractivity contribution in [1.29, 1.82) is 0 Å². The molecule has 0 aliphatic carbocycles. The normalized spacial score (nSPS) is 13.9. The van der Waals surface area contributed by atoms with Crippen molar-refractivity contribution in [2.45, 2.75) is 24.7 Å². The maximum Gasteiger partial charge on any atom is 0.238 e. The molecule has 3 aromatic rings. The van der Waals surface area contributed by atoms with E-state index >= 15 is 0 Å². The van der Waals surface area contributed by atoms with Crippen molar-refractivity contribution < 1.29 is 8.42 Å². The van der Waals surface area contributed by atoms with Crippen LogP contribution in [-0.4, -0.2) is 24.9 Å². The van der Waals surface area contributed by atoms with Crippen molar-refractivity contribution in [3.05, 3.63) is 65.9 Å². The molecule has 0 radical (unpaired) electrons. The molecule has 1 aromatic heterocycles. The summed E-state index contributed by atoms with van der Waals surface area (Å²) in [5.74, 6) is 1.27. The van der Waals surface area contributed by atoms with E-state index in [4.69, 9.17) is 5.14 Å².